The maximum Gasteiger partial charge on any atom is 0.306 e. The lowest BCUT2D eigenvalue weighted by molar-refractivity contribution is -0.156. The van der Waals surface area contributed by atoms with E-state index in [2.05, 4.69) is 20.6 Å². The summed E-state index contributed by atoms with van der Waals surface area (Å²) in [5, 5.41) is 15.7. The van der Waals surface area contributed by atoms with E-state index < -0.39 is 11.4 Å². The number of aromatic nitrogens is 2. The molecule has 0 radical (unpaired) electrons. The number of esters is 1. The summed E-state index contributed by atoms with van der Waals surface area (Å²) in [7, 11) is 2.93. The fourth-order valence-electron chi connectivity index (χ4n) is 3.57. The first kappa shape index (κ1) is 27.6. The minimum Gasteiger partial charge on any atom is -0.481 e. The van der Waals surface area contributed by atoms with Gasteiger partial charge in [-0.05, 0) is 38.7 Å². The molecule has 0 fully saturated rings. The number of nitrogens with one attached hydrogen (secondary N) is 2. The molecule has 35 heavy (non-hydrogen) atoms. The first-order valence-electron chi connectivity index (χ1n) is 11.3. The number of nitrogens with zero attached hydrogens (tertiary/aromatic N) is 3. The van der Waals surface area contributed by atoms with Crippen molar-refractivity contribution < 1.29 is 23.4 Å². The van der Waals surface area contributed by atoms with Crippen molar-refractivity contribution in [2.75, 3.05) is 24.9 Å². The van der Waals surface area contributed by atoms with Crippen LogP contribution in [-0.4, -0.2) is 41.8 Å². The first-order valence-corrected chi connectivity index (χ1v) is 11.3. The molecule has 0 amide bonds. The summed E-state index contributed by atoms with van der Waals surface area (Å²) in [6.45, 7) is 11.3. The quantitative estimate of drug-likeness (QED) is 0.444. The van der Waals surface area contributed by atoms with Gasteiger partial charge >= 0.3 is 5.97 Å². The van der Waals surface area contributed by atoms with Crippen LogP contribution in [0.2, 0.25) is 0 Å². The van der Waals surface area contributed by atoms with Crippen molar-refractivity contribution in [3.8, 4) is 17.8 Å². The minimum atomic E-state index is -0.674. The van der Waals surface area contributed by atoms with Crippen LogP contribution >= 0.6 is 0 Å². The molecule has 0 aliphatic carbocycles. The summed E-state index contributed by atoms with van der Waals surface area (Å²) in [6.07, 6.45) is 0.159. The van der Waals surface area contributed by atoms with Crippen molar-refractivity contribution in [2.24, 2.45) is 11.8 Å². The van der Waals surface area contributed by atoms with Gasteiger partial charge in [0.2, 0.25) is 11.8 Å². The molecular weight excluding hydrogens is 453 g/mol. The van der Waals surface area contributed by atoms with Crippen LogP contribution in [0.1, 0.15) is 53.5 Å². The van der Waals surface area contributed by atoms with Crippen LogP contribution < -0.4 is 20.1 Å². The second-order valence-corrected chi connectivity index (χ2v) is 9.57. The molecule has 9 nitrogen and oxygen atoms in total. The number of carbonyl (C=O) groups excluding carboxylic acids is 1. The summed E-state index contributed by atoms with van der Waals surface area (Å²) in [5.41, 5.74) is -0.0725. The largest absolute Gasteiger partial charge is 0.481 e. The Labute approximate surface area is 206 Å². The fourth-order valence-corrected chi connectivity index (χ4v) is 3.57. The molecule has 0 aliphatic heterocycles. The lowest BCUT2D eigenvalue weighted by Gasteiger charge is -2.30. The van der Waals surface area contributed by atoms with Crippen LogP contribution in [0.25, 0.3) is 0 Å². The van der Waals surface area contributed by atoms with Crippen molar-refractivity contribution in [3.05, 3.63) is 29.6 Å². The molecule has 190 valence electrons. The Bertz CT molecular complexity index is 1060. The predicted molar refractivity (Wildman–Crippen MR) is 131 cm³/mol. The third kappa shape index (κ3) is 7.98. The zero-order valence-electron chi connectivity index (χ0n) is 21.5. The average molecular weight is 488 g/mol. The average Bonchev–Trinajstić information content (AvgIpc) is 2.76. The molecule has 0 saturated heterocycles. The molecule has 0 saturated carbocycles. The van der Waals surface area contributed by atoms with Crippen molar-refractivity contribution in [1.29, 1.82) is 5.26 Å². The van der Waals surface area contributed by atoms with E-state index in [1.165, 1.54) is 14.2 Å². The van der Waals surface area contributed by atoms with Crippen LogP contribution in [0.4, 0.5) is 21.7 Å². The number of pyridine rings is 2. The number of ether oxygens (including phenoxy) is 3. The van der Waals surface area contributed by atoms with Crippen LogP contribution in [-0.2, 0) is 9.53 Å². The Morgan fingerprint density at radius 1 is 1.09 bits per heavy atom. The molecular formula is C25H34FN5O4. The second-order valence-electron chi connectivity index (χ2n) is 9.57. The van der Waals surface area contributed by atoms with Crippen molar-refractivity contribution in [3.63, 3.8) is 0 Å². The predicted octanol–water partition coefficient (Wildman–Crippen LogP) is 5.05. The van der Waals surface area contributed by atoms with Gasteiger partial charge in [0.25, 0.3) is 0 Å². The Kier molecular flexibility index (Phi) is 9.23. The highest BCUT2D eigenvalue weighted by Crippen LogP contribution is 2.29. The first-order chi connectivity index (χ1) is 16.4. The number of anilines is 3. The van der Waals surface area contributed by atoms with Crippen molar-refractivity contribution in [2.45, 2.75) is 59.6 Å². The number of halogens is 1. The minimum absolute atomic E-state index is 0.0192. The molecule has 0 spiro atoms. The van der Waals surface area contributed by atoms with Crippen LogP contribution in [0.3, 0.4) is 0 Å². The Morgan fingerprint density at radius 2 is 1.69 bits per heavy atom. The summed E-state index contributed by atoms with van der Waals surface area (Å²) in [4.78, 5) is 20.8. The van der Waals surface area contributed by atoms with Gasteiger partial charge in [-0.25, -0.2) is 9.37 Å². The maximum absolute atomic E-state index is 14.9. The van der Waals surface area contributed by atoms with Crippen LogP contribution in [0.15, 0.2) is 18.2 Å². The van der Waals surface area contributed by atoms with Gasteiger partial charge in [-0.2, -0.15) is 10.2 Å². The molecule has 2 heterocycles. The second kappa shape index (κ2) is 11.7. The Hall–Kier alpha value is -3.61. The van der Waals surface area contributed by atoms with Gasteiger partial charge in [0.1, 0.15) is 11.7 Å². The van der Waals surface area contributed by atoms with Gasteiger partial charge in [0.05, 0.1) is 31.9 Å². The van der Waals surface area contributed by atoms with Crippen LogP contribution in [0, 0.1) is 29.0 Å². The summed E-state index contributed by atoms with van der Waals surface area (Å²) in [6, 6.07) is 5.98. The number of methoxy groups -OCH3 is 2. The van der Waals surface area contributed by atoms with E-state index in [4.69, 9.17) is 14.2 Å². The number of rotatable bonds is 10. The topological polar surface area (TPSA) is 118 Å². The molecule has 0 bridgehead atoms. The number of hydrogen-bond donors (Lipinski definition) is 2. The van der Waals surface area contributed by atoms with E-state index in [9.17, 15) is 14.4 Å². The van der Waals surface area contributed by atoms with Gasteiger partial charge in [-0.3, -0.25) is 4.79 Å². The number of nitriles is 1. The highest BCUT2D eigenvalue weighted by atomic mass is 19.1. The molecule has 0 unspecified atom stereocenters. The molecule has 2 N–H and O–H groups in total. The maximum atomic E-state index is 14.9. The van der Waals surface area contributed by atoms with Gasteiger partial charge in [0.15, 0.2) is 17.5 Å². The number of carbonyl (C=O) groups is 1. The smallest absolute Gasteiger partial charge is 0.306 e. The third-order valence-corrected chi connectivity index (χ3v) is 5.10. The Balaban J connectivity index is 2.34. The van der Waals surface area contributed by atoms with E-state index in [0.29, 0.717) is 17.4 Å². The van der Waals surface area contributed by atoms with Crippen molar-refractivity contribution in [1.82, 2.24) is 9.97 Å². The van der Waals surface area contributed by atoms with Gasteiger partial charge in [0, 0.05) is 18.2 Å². The standard InChI is InChI=1S/C25H34FN5O4/c1-14(2)22(15(3)9-21(32)35-25(4,5)6)30-24-18(26)10-16(13-27)23(31-24)28-17-11-19(33-7)29-20(12-17)34-8/h10-12,14-15,22H,9H2,1-8H3,(H2,28,29,30,31)/t15-,22-/m1/s1. The van der Waals surface area contributed by atoms with E-state index in [1.807, 2.05) is 47.6 Å². The molecule has 0 aromatic carbocycles. The van der Waals surface area contributed by atoms with Gasteiger partial charge in [-0.15, -0.1) is 0 Å². The normalized spacial score (nSPS) is 12.9. The van der Waals surface area contributed by atoms with E-state index in [0.717, 1.165) is 6.07 Å². The van der Waals surface area contributed by atoms with Gasteiger partial charge < -0.3 is 24.8 Å². The van der Waals surface area contributed by atoms with Crippen molar-refractivity contribution >= 4 is 23.3 Å². The summed E-state index contributed by atoms with van der Waals surface area (Å²) in [5.74, 6) is -0.423. The lowest BCUT2D eigenvalue weighted by Crippen LogP contribution is -2.36. The summed E-state index contributed by atoms with van der Waals surface area (Å²) < 4.78 is 30.7. The summed E-state index contributed by atoms with van der Waals surface area (Å²) >= 11 is 0. The molecule has 2 aromatic heterocycles. The SMILES string of the molecule is COc1cc(Nc2nc(N[C@H](C(C)C)[C@H](C)CC(=O)OC(C)(C)C)c(F)cc2C#N)cc(OC)n1. The highest BCUT2D eigenvalue weighted by Gasteiger charge is 2.27. The van der Waals surface area contributed by atoms with Crippen LogP contribution in [0.5, 0.6) is 11.8 Å². The zero-order valence-corrected chi connectivity index (χ0v) is 21.5. The highest BCUT2D eigenvalue weighted by molar-refractivity contribution is 5.70. The fraction of sp³-hybridized carbons (Fsp3) is 0.520. The molecule has 2 aromatic rings. The van der Waals surface area contributed by atoms with Gasteiger partial charge in [-0.1, -0.05) is 20.8 Å². The van der Waals surface area contributed by atoms with E-state index >= 15 is 0 Å². The molecule has 2 atom stereocenters. The molecule has 0 aliphatic rings. The molecule has 10 heteroatoms. The molecule has 2 rings (SSSR count). The zero-order chi connectivity index (χ0) is 26.3. The number of hydrogen-bond acceptors (Lipinski definition) is 9. The third-order valence-electron chi connectivity index (χ3n) is 5.10. The monoisotopic (exact) mass is 487 g/mol. The lowest BCUT2D eigenvalue weighted by atomic mass is 9.89. The Morgan fingerprint density at radius 3 is 2.17 bits per heavy atom. The van der Waals surface area contributed by atoms with E-state index in [-0.39, 0.29) is 47.5 Å². The van der Waals surface area contributed by atoms with E-state index in [1.54, 1.807) is 12.1 Å².